The number of carbonyl (C=O) groups excluding carboxylic acids is 1. The quantitative estimate of drug-likeness (QED) is 0.109. The number of hydrogen-bond donors (Lipinski definition) is 0. The van der Waals surface area contributed by atoms with Crippen LogP contribution in [0.5, 0.6) is 11.5 Å². The Hall–Kier alpha value is -5.45. The number of ketones is 1. The molecular weight excluding hydrogens is 1280 g/mol. The Labute approximate surface area is 645 Å². The van der Waals surface area contributed by atoms with E-state index < -0.39 is 0 Å². The van der Waals surface area contributed by atoms with Crippen LogP contribution in [0.15, 0.2) is 146 Å². The summed E-state index contributed by atoms with van der Waals surface area (Å²) in [6, 6.07) is 51.9. The predicted molar refractivity (Wildman–Crippen MR) is 453 cm³/mol. The summed E-state index contributed by atoms with van der Waals surface area (Å²) in [5.41, 5.74) is 16.6. The van der Waals surface area contributed by atoms with Gasteiger partial charge in [-0.1, -0.05) is 347 Å². The number of hydrogen-bond acceptors (Lipinski definition) is 4. The van der Waals surface area contributed by atoms with Crippen LogP contribution in [0.25, 0.3) is 0 Å². The highest BCUT2D eigenvalue weighted by Crippen LogP contribution is 2.55. The number of carbonyl (C=O) groups is 1. The van der Waals surface area contributed by atoms with Gasteiger partial charge in [0.15, 0.2) is 5.78 Å². The lowest BCUT2D eigenvalue weighted by atomic mass is 9.61. The monoisotopic (exact) mass is 1430 g/mol. The summed E-state index contributed by atoms with van der Waals surface area (Å²) in [5, 5.41) is 0. The van der Waals surface area contributed by atoms with E-state index in [1.165, 1.54) is 85.6 Å². The van der Waals surface area contributed by atoms with Crippen molar-refractivity contribution >= 4 is 5.78 Å². The molecule has 0 amide bonds. The lowest BCUT2D eigenvalue weighted by Gasteiger charge is -2.45. The molecule has 1 saturated carbocycles. The highest BCUT2D eigenvalue weighted by Gasteiger charge is 2.50. The molecule has 6 aromatic carbocycles. The second-order valence-electron chi connectivity index (χ2n) is 37.8. The molecule has 1 fully saturated rings. The molecule has 0 saturated heterocycles. The van der Waals surface area contributed by atoms with E-state index in [1.54, 1.807) is 22.3 Å². The van der Waals surface area contributed by atoms with Crippen LogP contribution >= 0.6 is 0 Å². The van der Waals surface area contributed by atoms with E-state index in [-0.39, 0.29) is 21.7 Å². The summed E-state index contributed by atoms with van der Waals surface area (Å²) in [7, 11) is 0. The first-order chi connectivity index (χ1) is 49.5. The molecule has 105 heavy (non-hydrogen) atoms. The van der Waals surface area contributed by atoms with Crippen LogP contribution in [0.4, 0.5) is 0 Å². The lowest BCUT2D eigenvalue weighted by molar-refractivity contribution is 0.00835. The van der Waals surface area contributed by atoms with Crippen molar-refractivity contribution in [1.82, 2.24) is 0 Å². The van der Waals surface area contributed by atoms with Gasteiger partial charge in [-0.3, -0.25) is 4.79 Å². The lowest BCUT2D eigenvalue weighted by Crippen LogP contribution is -2.45. The van der Waals surface area contributed by atoms with Gasteiger partial charge >= 0.3 is 0 Å². The number of fused-ring (bicyclic) bond motifs is 6. The largest absolute Gasteiger partial charge is 0.493 e. The Morgan fingerprint density at radius 2 is 0.619 bits per heavy atom. The fourth-order valence-corrected chi connectivity index (χ4v) is 22.3. The van der Waals surface area contributed by atoms with Crippen LogP contribution in [-0.4, -0.2) is 25.6 Å². The van der Waals surface area contributed by atoms with Crippen LogP contribution in [0.1, 0.15) is 306 Å². The van der Waals surface area contributed by atoms with Crippen molar-refractivity contribution in [3.63, 3.8) is 0 Å². The van der Waals surface area contributed by atoms with Crippen molar-refractivity contribution in [1.29, 1.82) is 0 Å². The topological polar surface area (TPSA) is 44.8 Å². The van der Waals surface area contributed by atoms with Crippen LogP contribution in [0.3, 0.4) is 0 Å². The Morgan fingerprint density at radius 3 is 1.05 bits per heavy atom. The molecule has 6 aromatic rings. The number of rotatable bonds is 14. The van der Waals surface area contributed by atoms with Gasteiger partial charge in [0.2, 0.25) is 0 Å². The molecular formula is C101H152O4. The van der Waals surface area contributed by atoms with Gasteiger partial charge in [-0.15, -0.1) is 0 Å². The van der Waals surface area contributed by atoms with Crippen LogP contribution < -0.4 is 9.47 Å². The van der Waals surface area contributed by atoms with E-state index in [2.05, 4.69) is 327 Å². The molecule has 0 spiro atoms. The third-order valence-electron chi connectivity index (χ3n) is 29.5. The number of para-hydroxylation sites is 2. The van der Waals surface area contributed by atoms with Gasteiger partial charge in [0.1, 0.15) is 11.5 Å². The van der Waals surface area contributed by atoms with Crippen LogP contribution in [-0.2, 0) is 57.7 Å². The second-order valence-corrected chi connectivity index (χ2v) is 37.8. The Morgan fingerprint density at radius 1 is 0.276 bits per heavy atom. The molecule has 0 unspecified atom stereocenters. The molecule has 0 bridgehead atoms. The van der Waals surface area contributed by atoms with Gasteiger partial charge in [-0.2, -0.15) is 0 Å². The minimum Gasteiger partial charge on any atom is -0.493 e. The van der Waals surface area contributed by atoms with Crippen LogP contribution in [0.2, 0.25) is 0 Å². The van der Waals surface area contributed by atoms with Crippen molar-refractivity contribution in [2.45, 2.75) is 298 Å². The summed E-state index contributed by atoms with van der Waals surface area (Å²) in [4.78, 5) is 12.1. The van der Waals surface area contributed by atoms with Gasteiger partial charge in [-0.25, -0.2) is 0 Å². The molecule has 3 heterocycles. The summed E-state index contributed by atoms with van der Waals surface area (Å²) in [5.74, 6) is 12.0. The standard InChI is InChI=1S/2C15H22O.C15H20O.2C15H22.C14H20O.C12H24/c1-11(2)15(12(3)4)10-16-9-13-7-5-6-8-14(13)15;1-11(2)15(12(3)4)9-10-16-14-8-6-5-7-13(14)15;1-10(2)15(11(3)4)9-14(16)12-7-5-6-8-13(12)15;1-11(2)15(12(3)4)9-13-7-5-6-8-14(13)10-15;1-11(2)15(12(3)4)10-9-13-7-5-6-8-14(13)15;1-10(2)14(11(3)4)9-15-13-8-6-5-7-12(13)14;1-10(2)12(11(3)4)8-6-5-7-9-12/h2*5-8,11-12H,9-10H2,1-4H3;5-8,10-11H,9H2,1-4H3;2*5-8,11-12H,9-10H2,1-4H3;5-8,10-11H,9H2,1-4H3;10-11H,5-9H2,1-4H3. The van der Waals surface area contributed by atoms with Crippen molar-refractivity contribution in [3.8, 4) is 11.5 Å². The Balaban J connectivity index is 0.000000171. The number of aryl methyl sites for hydroxylation is 1. The molecule has 0 radical (unpaired) electrons. The first-order valence-corrected chi connectivity index (χ1v) is 42.4. The van der Waals surface area contributed by atoms with E-state index >= 15 is 0 Å². The maximum absolute atomic E-state index is 12.1. The molecule has 3 aliphatic heterocycles. The zero-order chi connectivity index (χ0) is 77.8. The average molecular weight is 1430 g/mol. The van der Waals surface area contributed by atoms with Crippen molar-refractivity contribution in [2.24, 2.45) is 93.7 Å². The average Bonchev–Trinajstić information content (AvgIpc) is 1.41. The summed E-state index contributed by atoms with van der Waals surface area (Å²) in [6.07, 6.45) is 14.3. The first-order valence-electron chi connectivity index (χ1n) is 42.4. The minimum absolute atomic E-state index is 0.0493. The summed E-state index contributed by atoms with van der Waals surface area (Å²) >= 11 is 0. The fourth-order valence-electron chi connectivity index (χ4n) is 22.3. The normalized spacial score (nSPS) is 19.0. The summed E-state index contributed by atoms with van der Waals surface area (Å²) < 4.78 is 17.5. The first kappa shape index (κ1) is 86.8. The third-order valence-corrected chi connectivity index (χ3v) is 29.5. The van der Waals surface area contributed by atoms with E-state index in [9.17, 15) is 4.79 Å². The van der Waals surface area contributed by atoms with Gasteiger partial charge in [0.25, 0.3) is 0 Å². The van der Waals surface area contributed by atoms with Gasteiger partial charge in [-0.05, 0) is 190 Å². The maximum Gasteiger partial charge on any atom is 0.164 e. The molecule has 0 aromatic heterocycles. The summed E-state index contributed by atoms with van der Waals surface area (Å²) in [6.45, 7) is 68.7. The zero-order valence-electron chi connectivity index (χ0n) is 72.2. The predicted octanol–water partition coefficient (Wildman–Crippen LogP) is 27.8. The molecule has 4 aliphatic carbocycles. The van der Waals surface area contributed by atoms with Gasteiger partial charge in [0, 0.05) is 50.2 Å². The molecule has 0 atom stereocenters. The van der Waals surface area contributed by atoms with Gasteiger partial charge in [0.05, 0.1) is 26.4 Å². The van der Waals surface area contributed by atoms with Crippen molar-refractivity contribution in [2.75, 3.05) is 19.8 Å². The van der Waals surface area contributed by atoms with E-state index in [1.807, 2.05) is 12.1 Å². The molecule has 4 nitrogen and oxygen atoms in total. The van der Waals surface area contributed by atoms with Crippen molar-refractivity contribution < 1.29 is 19.0 Å². The van der Waals surface area contributed by atoms with Crippen LogP contribution in [0, 0.1) is 93.7 Å². The zero-order valence-corrected chi connectivity index (χ0v) is 72.2. The third kappa shape index (κ3) is 17.4. The molecule has 4 heteroatoms. The van der Waals surface area contributed by atoms with Gasteiger partial charge < -0.3 is 14.2 Å². The van der Waals surface area contributed by atoms with Crippen molar-refractivity contribution in [3.05, 3.63) is 201 Å². The number of benzene rings is 6. The maximum atomic E-state index is 12.1. The molecule has 0 N–H and O–H groups in total. The molecule has 580 valence electrons. The number of ether oxygens (including phenoxy) is 3. The molecule has 13 rings (SSSR count). The van der Waals surface area contributed by atoms with E-state index in [4.69, 9.17) is 14.2 Å². The fraction of sp³-hybridized carbons (Fsp3) is 0.634. The highest BCUT2D eigenvalue weighted by atomic mass is 16.5. The molecule has 7 aliphatic rings. The SMILES string of the molecule is CC(C)C1(C(C)C)CC(=O)c2ccccc21.CC(C)C1(C(C)C)CCCCC1.CC(C)C1(C(C)C)CCOc2ccccc21.CC(C)C1(C(C)C)CCc2ccccc21.CC(C)C1(C(C)C)COCc2ccccc21.CC(C)C1(C(C)C)COc2ccccc21.CC(C)C1(C(C)C)Cc2ccccc2C1. The highest BCUT2D eigenvalue weighted by molar-refractivity contribution is 6.02. The smallest absolute Gasteiger partial charge is 0.164 e. The number of Topliss-reactive ketones (excluding diaryl/α,β-unsaturated/α-hetero) is 1. The Bertz CT molecular complexity index is 3410. The Kier molecular flexibility index (Phi) is 30.4. The second kappa shape index (κ2) is 36.8. The van der Waals surface area contributed by atoms with E-state index in [0.717, 1.165) is 85.4 Å². The minimum atomic E-state index is 0.0493. The van der Waals surface area contributed by atoms with E-state index in [0.29, 0.717) is 75.8 Å².